The van der Waals surface area contributed by atoms with Gasteiger partial charge in [-0.2, -0.15) is 0 Å². The second-order valence-corrected chi connectivity index (χ2v) is 3.22. The van der Waals surface area contributed by atoms with E-state index in [1.165, 1.54) is 0 Å². The Bertz CT molecular complexity index is 356. The summed E-state index contributed by atoms with van der Waals surface area (Å²) in [5.74, 6) is -0.508. The molecule has 6 nitrogen and oxygen atoms in total. The Balaban J connectivity index is 2.39. The molecule has 0 amide bonds. The fraction of sp³-hybridized carbons (Fsp3) is 0.300. The molecular weight excluding hydrogens is 212 g/mol. The van der Waals surface area contributed by atoms with Gasteiger partial charge in [-0.25, -0.2) is 0 Å². The van der Waals surface area contributed by atoms with Gasteiger partial charge < -0.3 is 15.6 Å². The fourth-order valence-corrected chi connectivity index (χ4v) is 1.08. The van der Waals surface area contributed by atoms with Gasteiger partial charge >= 0.3 is 5.97 Å². The Morgan fingerprint density at radius 2 is 2.31 bits per heavy atom. The predicted molar refractivity (Wildman–Crippen MR) is 57.6 cm³/mol. The van der Waals surface area contributed by atoms with Gasteiger partial charge in [0.05, 0.1) is 12.3 Å². The monoisotopic (exact) mass is 226 g/mol. The van der Waals surface area contributed by atoms with E-state index in [1.54, 1.807) is 24.3 Å². The minimum absolute atomic E-state index is 0.211. The van der Waals surface area contributed by atoms with Crippen LogP contribution in [0.25, 0.3) is 0 Å². The van der Waals surface area contributed by atoms with Crippen molar-refractivity contribution in [2.24, 2.45) is 5.73 Å². The number of carbonyl (C=O) groups is 1. The molecule has 0 bridgehead atoms. The summed E-state index contributed by atoms with van der Waals surface area (Å²) in [7, 11) is 0. The van der Waals surface area contributed by atoms with Crippen LogP contribution in [0.5, 0.6) is 5.75 Å². The lowest BCUT2D eigenvalue weighted by atomic mass is 10.2. The van der Waals surface area contributed by atoms with Crippen molar-refractivity contribution in [2.75, 3.05) is 12.1 Å². The summed E-state index contributed by atoms with van der Waals surface area (Å²) in [6, 6.07) is 5.74. The number of hydrogen-bond acceptors (Lipinski definition) is 5. The normalized spacial score (nSPS) is 11.9. The molecule has 0 aromatic heterocycles. The van der Waals surface area contributed by atoms with E-state index in [2.05, 4.69) is 0 Å². The Hall–Kier alpha value is -1.79. The zero-order chi connectivity index (χ0) is 12.0. The third-order valence-electron chi connectivity index (χ3n) is 1.98. The van der Waals surface area contributed by atoms with Crippen LogP contribution >= 0.6 is 0 Å². The van der Waals surface area contributed by atoms with Crippen LogP contribution in [0, 0.1) is 0 Å². The number of anilines is 1. The molecule has 0 aliphatic heterocycles. The lowest BCUT2D eigenvalue weighted by Gasteiger charge is -2.09. The quantitative estimate of drug-likeness (QED) is 0.531. The van der Waals surface area contributed by atoms with Crippen molar-refractivity contribution in [3.05, 3.63) is 24.3 Å². The highest BCUT2D eigenvalue weighted by molar-refractivity contribution is 5.72. The number of aliphatic carboxylic acids is 1. The average molecular weight is 226 g/mol. The molecule has 1 rings (SSSR count). The standard InChI is InChI=1S/C10H14N2O4/c11-9(10(13)14)4-5-16-8-3-1-2-7(6-8)12-15/h1-3,6,9,12,15H,4-5,11H2,(H,13,14). The minimum atomic E-state index is -1.05. The maximum absolute atomic E-state index is 10.4. The van der Waals surface area contributed by atoms with E-state index >= 15 is 0 Å². The van der Waals surface area contributed by atoms with Gasteiger partial charge in [-0.05, 0) is 12.1 Å². The number of carboxylic acids is 1. The first-order valence-corrected chi connectivity index (χ1v) is 4.75. The number of carboxylic acid groups (broad SMARTS) is 1. The van der Waals surface area contributed by atoms with Crippen molar-refractivity contribution in [2.45, 2.75) is 12.5 Å². The van der Waals surface area contributed by atoms with Crippen molar-refractivity contribution in [1.29, 1.82) is 0 Å². The maximum Gasteiger partial charge on any atom is 0.320 e. The average Bonchev–Trinajstić information content (AvgIpc) is 2.29. The van der Waals surface area contributed by atoms with E-state index in [-0.39, 0.29) is 13.0 Å². The molecule has 0 fully saturated rings. The number of benzene rings is 1. The fourth-order valence-electron chi connectivity index (χ4n) is 1.08. The first kappa shape index (κ1) is 12.3. The minimum Gasteiger partial charge on any atom is -0.493 e. The van der Waals surface area contributed by atoms with Crippen LogP contribution in [-0.2, 0) is 4.79 Å². The molecule has 0 saturated heterocycles. The molecule has 16 heavy (non-hydrogen) atoms. The van der Waals surface area contributed by atoms with Gasteiger partial charge in [0.1, 0.15) is 11.8 Å². The highest BCUT2D eigenvalue weighted by Gasteiger charge is 2.10. The summed E-state index contributed by atoms with van der Waals surface area (Å²) >= 11 is 0. The smallest absolute Gasteiger partial charge is 0.320 e. The second-order valence-electron chi connectivity index (χ2n) is 3.22. The zero-order valence-corrected chi connectivity index (χ0v) is 8.59. The molecule has 1 atom stereocenters. The van der Waals surface area contributed by atoms with Crippen molar-refractivity contribution >= 4 is 11.7 Å². The summed E-state index contributed by atoms with van der Waals surface area (Å²) in [6.07, 6.45) is 0.228. The molecular formula is C10H14N2O4. The van der Waals surface area contributed by atoms with Gasteiger partial charge in [-0.15, -0.1) is 0 Å². The molecule has 5 N–H and O–H groups in total. The van der Waals surface area contributed by atoms with Crippen molar-refractivity contribution in [3.8, 4) is 5.75 Å². The van der Waals surface area contributed by atoms with Crippen LogP contribution in [0.4, 0.5) is 5.69 Å². The Morgan fingerprint density at radius 3 is 2.94 bits per heavy atom. The third-order valence-corrected chi connectivity index (χ3v) is 1.98. The van der Waals surface area contributed by atoms with Gasteiger partial charge in [0, 0.05) is 12.5 Å². The molecule has 0 radical (unpaired) electrons. The topological polar surface area (TPSA) is 105 Å². The third kappa shape index (κ3) is 3.76. The number of nitrogens with two attached hydrogens (primary N) is 1. The number of rotatable bonds is 6. The van der Waals surface area contributed by atoms with Gasteiger partial charge in [0.15, 0.2) is 0 Å². The van der Waals surface area contributed by atoms with Crippen molar-refractivity contribution < 1.29 is 19.8 Å². The van der Waals surface area contributed by atoms with E-state index in [0.717, 1.165) is 0 Å². The van der Waals surface area contributed by atoms with Crippen LogP contribution in [0.15, 0.2) is 24.3 Å². The highest BCUT2D eigenvalue weighted by atomic mass is 16.5. The van der Waals surface area contributed by atoms with Gasteiger partial charge in [-0.1, -0.05) is 6.07 Å². The molecule has 1 aromatic carbocycles. The second kappa shape index (κ2) is 5.94. The number of nitrogens with one attached hydrogen (secondary N) is 1. The van der Waals surface area contributed by atoms with Crippen LogP contribution in [0.3, 0.4) is 0 Å². The highest BCUT2D eigenvalue weighted by Crippen LogP contribution is 2.16. The molecule has 1 unspecified atom stereocenters. The molecule has 0 aliphatic rings. The molecule has 0 heterocycles. The van der Waals surface area contributed by atoms with Crippen molar-refractivity contribution in [3.63, 3.8) is 0 Å². The van der Waals surface area contributed by atoms with Crippen LogP contribution in [0.2, 0.25) is 0 Å². The Labute approximate surface area is 92.6 Å². The summed E-state index contributed by atoms with van der Waals surface area (Å²) in [6.45, 7) is 0.211. The van der Waals surface area contributed by atoms with Gasteiger partial charge in [-0.3, -0.25) is 15.5 Å². The Kier molecular flexibility index (Phi) is 4.56. The lowest BCUT2D eigenvalue weighted by Crippen LogP contribution is -2.31. The van der Waals surface area contributed by atoms with E-state index in [9.17, 15) is 4.79 Å². The van der Waals surface area contributed by atoms with Crippen LogP contribution in [0.1, 0.15) is 6.42 Å². The van der Waals surface area contributed by atoms with E-state index in [0.29, 0.717) is 11.4 Å². The lowest BCUT2D eigenvalue weighted by molar-refractivity contribution is -0.138. The van der Waals surface area contributed by atoms with Crippen LogP contribution < -0.4 is 16.0 Å². The number of ether oxygens (including phenoxy) is 1. The van der Waals surface area contributed by atoms with Crippen LogP contribution in [-0.4, -0.2) is 28.9 Å². The summed E-state index contributed by atoms with van der Waals surface area (Å²) in [4.78, 5) is 10.4. The molecule has 6 heteroatoms. The zero-order valence-electron chi connectivity index (χ0n) is 8.59. The Morgan fingerprint density at radius 1 is 1.56 bits per heavy atom. The van der Waals surface area contributed by atoms with Gasteiger partial charge in [0.2, 0.25) is 0 Å². The maximum atomic E-state index is 10.4. The molecule has 0 saturated carbocycles. The van der Waals surface area contributed by atoms with E-state index in [4.69, 9.17) is 20.8 Å². The van der Waals surface area contributed by atoms with Gasteiger partial charge in [0.25, 0.3) is 0 Å². The summed E-state index contributed by atoms with van der Waals surface area (Å²) < 4.78 is 5.27. The summed E-state index contributed by atoms with van der Waals surface area (Å²) in [5.41, 5.74) is 7.79. The largest absolute Gasteiger partial charge is 0.493 e. The van der Waals surface area contributed by atoms with Crippen molar-refractivity contribution in [1.82, 2.24) is 0 Å². The molecule has 88 valence electrons. The first-order chi connectivity index (χ1) is 7.63. The SMILES string of the molecule is NC(CCOc1cccc(NO)c1)C(=O)O. The molecule has 0 aliphatic carbocycles. The van der Waals surface area contributed by atoms with E-state index < -0.39 is 12.0 Å². The predicted octanol–water partition coefficient (Wildman–Crippen LogP) is 0.668. The van der Waals surface area contributed by atoms with E-state index in [1.807, 2.05) is 5.48 Å². The molecule has 1 aromatic rings. The first-order valence-electron chi connectivity index (χ1n) is 4.75. The number of hydrogen-bond donors (Lipinski definition) is 4. The summed E-state index contributed by atoms with van der Waals surface area (Å²) in [5, 5.41) is 17.2. The molecule has 0 spiro atoms.